The minimum absolute atomic E-state index is 0.493. The van der Waals surface area contributed by atoms with Crippen molar-refractivity contribution in [3.8, 4) is 0 Å². The number of nitrogens with one attached hydrogen (secondary N) is 1. The highest BCUT2D eigenvalue weighted by molar-refractivity contribution is 8.05. The zero-order valence-corrected chi connectivity index (χ0v) is 20.3. The lowest BCUT2D eigenvalue weighted by Crippen LogP contribution is -2.45. The molecule has 0 aromatic carbocycles. The first-order valence-corrected chi connectivity index (χ1v) is 12.9. The SMILES string of the molecule is CCCCCCC(CC)N(C(C)C)C(C)C.O=S(=O)(NS(=O)(=O)C(F)(F)F)C(F)(F)F. The normalized spacial score (nSPS) is 14.7. The molecule has 0 aliphatic carbocycles. The highest BCUT2D eigenvalue weighted by atomic mass is 32.3. The second-order valence-corrected chi connectivity index (χ2v) is 11.1. The first kappa shape index (κ1) is 32.6. The predicted octanol–water partition coefficient (Wildman–Crippen LogP) is 5.13. The van der Waals surface area contributed by atoms with Gasteiger partial charge in [0.25, 0.3) is 0 Å². The summed E-state index contributed by atoms with van der Waals surface area (Å²) in [7, 11) is -13.2. The van der Waals surface area contributed by atoms with Gasteiger partial charge in [-0.3, -0.25) is 4.90 Å². The van der Waals surface area contributed by atoms with Gasteiger partial charge in [0.2, 0.25) is 0 Å². The topological polar surface area (TPSA) is 83.6 Å². The molecule has 1 atom stereocenters. The lowest BCUT2D eigenvalue weighted by atomic mass is 10.0. The van der Waals surface area contributed by atoms with E-state index in [-0.39, 0.29) is 0 Å². The summed E-state index contributed by atoms with van der Waals surface area (Å²) in [5, 5.41) is 0. The van der Waals surface area contributed by atoms with Crippen LogP contribution in [-0.4, -0.2) is 50.9 Å². The van der Waals surface area contributed by atoms with Crippen molar-refractivity contribution >= 4 is 20.0 Å². The summed E-state index contributed by atoms with van der Waals surface area (Å²) in [5.41, 5.74) is -12.3. The summed E-state index contributed by atoms with van der Waals surface area (Å²) in [4.78, 5) is 2.69. The molecule has 14 heteroatoms. The van der Waals surface area contributed by atoms with Crippen molar-refractivity contribution in [1.82, 2.24) is 9.03 Å². The molecule has 190 valence electrons. The number of hydrogen-bond acceptors (Lipinski definition) is 5. The van der Waals surface area contributed by atoms with Crippen LogP contribution in [0.2, 0.25) is 0 Å². The zero-order valence-electron chi connectivity index (χ0n) is 18.6. The molecule has 0 spiro atoms. The Bertz CT molecular complexity index is 655. The maximum Gasteiger partial charge on any atom is 0.512 e. The summed E-state index contributed by atoms with van der Waals surface area (Å²) in [6.45, 7) is 13.9. The zero-order chi connectivity index (χ0) is 25.3. The van der Waals surface area contributed by atoms with Crippen molar-refractivity contribution < 1.29 is 43.2 Å². The quantitative estimate of drug-likeness (QED) is 0.309. The molecule has 0 amide bonds. The van der Waals surface area contributed by atoms with Crippen LogP contribution in [0.1, 0.15) is 80.1 Å². The third-order valence-corrected chi connectivity index (χ3v) is 7.28. The molecule has 0 aromatic rings. The maximum absolute atomic E-state index is 11.5. The van der Waals surface area contributed by atoms with Crippen molar-refractivity contribution in [3.05, 3.63) is 0 Å². The van der Waals surface area contributed by atoms with Crippen molar-refractivity contribution in [2.45, 2.75) is 109 Å². The van der Waals surface area contributed by atoms with E-state index in [1.165, 1.54) is 38.5 Å². The molecule has 1 N–H and O–H groups in total. The third kappa shape index (κ3) is 11.7. The van der Waals surface area contributed by atoms with Gasteiger partial charge in [0.05, 0.1) is 0 Å². The van der Waals surface area contributed by atoms with E-state index in [1.54, 1.807) is 0 Å². The second kappa shape index (κ2) is 13.2. The molecular formula is C17H34F6N2O4S2. The molecule has 0 saturated heterocycles. The number of hydrogen-bond donors (Lipinski definition) is 1. The van der Waals surface area contributed by atoms with Crippen LogP contribution in [0, 0.1) is 0 Å². The summed E-state index contributed by atoms with van der Waals surface area (Å²) >= 11 is 0. The molecule has 0 fully saturated rings. The highest BCUT2D eigenvalue weighted by Gasteiger charge is 2.55. The van der Waals surface area contributed by atoms with Gasteiger partial charge >= 0.3 is 31.1 Å². The summed E-state index contributed by atoms with van der Waals surface area (Å²) < 4.78 is 108. The Hall–Kier alpha value is -0.600. The summed E-state index contributed by atoms with van der Waals surface area (Å²) in [6, 6.07) is 2.14. The lowest BCUT2D eigenvalue weighted by molar-refractivity contribution is -0.0476. The standard InChI is InChI=1S/C15H33N.C2HF6NO4S2/c1-7-9-10-11-12-15(8-2)16(13(3)4)14(5)6;3-1(4,5)14(10,11)9-15(12,13)2(6,7)8/h13-15H,7-12H2,1-6H3;9H. The minimum Gasteiger partial charge on any atom is -0.296 e. The van der Waals surface area contributed by atoms with Gasteiger partial charge in [-0.15, -0.1) is 0 Å². The number of sulfonamides is 2. The smallest absolute Gasteiger partial charge is 0.296 e. The molecule has 6 nitrogen and oxygen atoms in total. The van der Waals surface area contributed by atoms with Gasteiger partial charge in [0.15, 0.2) is 0 Å². The molecular weight excluding hydrogens is 474 g/mol. The van der Waals surface area contributed by atoms with Crippen molar-refractivity contribution in [1.29, 1.82) is 0 Å². The molecule has 0 aromatic heterocycles. The number of nitrogens with zero attached hydrogens (tertiary/aromatic N) is 1. The number of alkyl halides is 6. The van der Waals surface area contributed by atoms with Crippen molar-refractivity contribution in [2.75, 3.05) is 0 Å². The highest BCUT2D eigenvalue weighted by Crippen LogP contribution is 2.27. The average Bonchev–Trinajstić information content (AvgIpc) is 2.54. The second-order valence-electron chi connectivity index (χ2n) is 7.53. The summed E-state index contributed by atoms with van der Waals surface area (Å²) in [5.74, 6) is 0. The molecule has 0 heterocycles. The van der Waals surface area contributed by atoms with Crippen LogP contribution in [0.15, 0.2) is 0 Å². The van der Waals surface area contributed by atoms with Crippen molar-refractivity contribution in [3.63, 3.8) is 0 Å². The molecule has 1 unspecified atom stereocenters. The van der Waals surface area contributed by atoms with Gasteiger partial charge in [-0.1, -0.05) is 43.7 Å². The van der Waals surface area contributed by atoms with E-state index >= 15 is 0 Å². The van der Waals surface area contributed by atoms with Gasteiger partial charge in [-0.25, -0.2) is 16.8 Å². The van der Waals surface area contributed by atoms with Crippen LogP contribution in [0.4, 0.5) is 26.3 Å². The third-order valence-electron chi connectivity index (χ3n) is 4.31. The van der Waals surface area contributed by atoms with Crippen LogP contribution < -0.4 is 4.13 Å². The Morgan fingerprint density at radius 2 is 1.13 bits per heavy atom. The Balaban J connectivity index is 0. The van der Waals surface area contributed by atoms with Crippen LogP contribution in [-0.2, 0) is 20.0 Å². The Morgan fingerprint density at radius 1 is 0.742 bits per heavy atom. The van der Waals surface area contributed by atoms with Crippen LogP contribution >= 0.6 is 0 Å². The monoisotopic (exact) mass is 508 g/mol. The van der Waals surface area contributed by atoms with Crippen molar-refractivity contribution in [2.24, 2.45) is 0 Å². The molecule has 0 aliphatic rings. The van der Waals surface area contributed by atoms with Crippen LogP contribution in [0.5, 0.6) is 0 Å². The van der Waals surface area contributed by atoms with Crippen LogP contribution in [0.3, 0.4) is 0 Å². The van der Waals surface area contributed by atoms with Gasteiger partial charge in [0.1, 0.15) is 0 Å². The van der Waals surface area contributed by atoms with E-state index in [0.29, 0.717) is 12.1 Å². The molecule has 0 radical (unpaired) electrons. The average molecular weight is 509 g/mol. The lowest BCUT2D eigenvalue weighted by Gasteiger charge is -2.38. The summed E-state index contributed by atoms with van der Waals surface area (Å²) in [6.07, 6.45) is 8.24. The fourth-order valence-electron chi connectivity index (χ4n) is 3.05. The fraction of sp³-hybridized carbons (Fsp3) is 1.00. The molecule has 0 rings (SSSR count). The Morgan fingerprint density at radius 3 is 1.39 bits per heavy atom. The van der Waals surface area contributed by atoms with Gasteiger partial charge in [0, 0.05) is 18.1 Å². The maximum atomic E-state index is 11.5. The minimum atomic E-state index is -6.60. The van der Waals surface area contributed by atoms with Gasteiger partial charge in [-0.05, 0) is 40.5 Å². The Labute approximate surface area is 181 Å². The first-order chi connectivity index (χ1) is 13.7. The Kier molecular flexibility index (Phi) is 13.9. The van der Waals surface area contributed by atoms with E-state index in [9.17, 15) is 43.2 Å². The van der Waals surface area contributed by atoms with E-state index in [1.807, 2.05) is 0 Å². The number of unbranched alkanes of at least 4 members (excludes halogenated alkanes) is 3. The molecule has 0 bridgehead atoms. The molecule has 0 saturated carbocycles. The number of halogens is 6. The molecule has 31 heavy (non-hydrogen) atoms. The fourth-order valence-corrected chi connectivity index (χ4v) is 4.96. The first-order valence-electron chi connectivity index (χ1n) is 9.93. The van der Waals surface area contributed by atoms with Gasteiger partial charge in [-0.2, -0.15) is 26.3 Å². The van der Waals surface area contributed by atoms with Gasteiger partial charge < -0.3 is 0 Å². The van der Waals surface area contributed by atoms with E-state index in [4.69, 9.17) is 0 Å². The van der Waals surface area contributed by atoms with E-state index in [0.717, 1.165) is 6.04 Å². The van der Waals surface area contributed by atoms with E-state index < -0.39 is 35.2 Å². The molecule has 0 aliphatic heterocycles. The van der Waals surface area contributed by atoms with E-state index in [2.05, 4.69) is 46.4 Å². The predicted molar refractivity (Wildman–Crippen MR) is 108 cm³/mol. The van der Waals surface area contributed by atoms with Crippen LogP contribution in [0.25, 0.3) is 0 Å². The number of rotatable bonds is 11. The largest absolute Gasteiger partial charge is 0.512 e.